The standard InChI is InChI=1S/C13H14N2O3S2/c1-8-2-3-10(20-8)9(16)6-15-11(17)13(14-12(15)18)4-5-19-7-13/h2-3H,4-7H2,1H3,(H,14,18). The highest BCUT2D eigenvalue weighted by Gasteiger charge is 2.53. The largest absolute Gasteiger partial charge is 0.325 e. The minimum Gasteiger partial charge on any atom is -0.322 e. The zero-order valence-corrected chi connectivity index (χ0v) is 12.6. The van der Waals surface area contributed by atoms with Gasteiger partial charge in [-0.25, -0.2) is 4.79 Å². The van der Waals surface area contributed by atoms with Crippen LogP contribution in [0.15, 0.2) is 12.1 Å². The van der Waals surface area contributed by atoms with Crippen molar-refractivity contribution in [1.29, 1.82) is 0 Å². The molecular weight excluding hydrogens is 296 g/mol. The van der Waals surface area contributed by atoms with Crippen LogP contribution >= 0.6 is 23.1 Å². The van der Waals surface area contributed by atoms with Gasteiger partial charge in [-0.2, -0.15) is 11.8 Å². The molecule has 2 fully saturated rings. The third kappa shape index (κ3) is 2.14. The van der Waals surface area contributed by atoms with Crippen LogP contribution in [-0.4, -0.2) is 46.2 Å². The number of carbonyl (C=O) groups is 3. The Labute approximate surface area is 124 Å². The van der Waals surface area contributed by atoms with Crippen LogP contribution in [0.3, 0.4) is 0 Å². The molecule has 7 heteroatoms. The quantitative estimate of drug-likeness (QED) is 0.681. The second-order valence-electron chi connectivity index (χ2n) is 5.04. The van der Waals surface area contributed by atoms with E-state index < -0.39 is 11.6 Å². The Balaban J connectivity index is 1.76. The van der Waals surface area contributed by atoms with Crippen molar-refractivity contribution in [3.63, 3.8) is 0 Å². The lowest BCUT2D eigenvalue weighted by atomic mass is 9.99. The summed E-state index contributed by atoms with van der Waals surface area (Å²) in [6, 6.07) is 3.15. The average molecular weight is 310 g/mol. The number of Topliss-reactive ketones (excluding diaryl/α,β-unsaturated/α-hetero) is 1. The van der Waals surface area contributed by atoms with Crippen molar-refractivity contribution in [2.45, 2.75) is 18.9 Å². The molecule has 1 spiro atoms. The summed E-state index contributed by atoms with van der Waals surface area (Å²) in [5.74, 6) is 1.02. The van der Waals surface area contributed by atoms with E-state index in [2.05, 4.69) is 5.32 Å². The number of amides is 3. The number of hydrogen-bond donors (Lipinski definition) is 1. The van der Waals surface area contributed by atoms with E-state index in [-0.39, 0.29) is 18.2 Å². The number of aryl methyl sites for hydroxylation is 1. The van der Waals surface area contributed by atoms with E-state index in [0.717, 1.165) is 15.5 Å². The third-order valence-corrected chi connectivity index (χ3v) is 5.82. The Morgan fingerprint density at radius 2 is 2.25 bits per heavy atom. The molecule has 2 aliphatic rings. The van der Waals surface area contributed by atoms with Crippen molar-refractivity contribution >= 4 is 40.8 Å². The van der Waals surface area contributed by atoms with Crippen LogP contribution in [0, 0.1) is 6.92 Å². The number of thiophene rings is 1. The Morgan fingerprint density at radius 3 is 2.85 bits per heavy atom. The minimum atomic E-state index is -0.770. The lowest BCUT2D eigenvalue weighted by Gasteiger charge is -2.18. The maximum absolute atomic E-state index is 12.4. The SMILES string of the molecule is Cc1ccc(C(=O)CN2C(=O)NC3(CCSC3)C2=O)s1. The number of nitrogens with zero attached hydrogens (tertiary/aromatic N) is 1. The molecule has 2 aliphatic heterocycles. The smallest absolute Gasteiger partial charge is 0.322 e. The lowest BCUT2D eigenvalue weighted by Crippen LogP contribution is -2.47. The highest BCUT2D eigenvalue weighted by Crippen LogP contribution is 2.33. The van der Waals surface area contributed by atoms with Crippen LogP contribution in [0.2, 0.25) is 0 Å². The normalized spacial score (nSPS) is 25.6. The minimum absolute atomic E-state index is 0.170. The highest BCUT2D eigenvalue weighted by atomic mass is 32.2. The number of imide groups is 1. The molecular formula is C13H14N2O3S2. The first kappa shape index (κ1) is 13.6. The molecule has 0 radical (unpaired) electrons. The van der Waals surface area contributed by atoms with E-state index in [9.17, 15) is 14.4 Å². The predicted octanol–water partition coefficient (Wildman–Crippen LogP) is 1.67. The zero-order valence-electron chi connectivity index (χ0n) is 11.0. The molecule has 0 aliphatic carbocycles. The van der Waals surface area contributed by atoms with Gasteiger partial charge in [0.25, 0.3) is 5.91 Å². The Morgan fingerprint density at radius 1 is 1.45 bits per heavy atom. The topological polar surface area (TPSA) is 66.5 Å². The molecule has 0 aromatic carbocycles. The summed E-state index contributed by atoms with van der Waals surface area (Å²) in [4.78, 5) is 39.2. The zero-order chi connectivity index (χ0) is 14.3. The third-order valence-electron chi connectivity index (χ3n) is 3.58. The van der Waals surface area contributed by atoms with Crippen molar-refractivity contribution in [3.05, 3.63) is 21.9 Å². The summed E-state index contributed by atoms with van der Waals surface area (Å²) in [6.45, 7) is 1.75. The molecule has 3 heterocycles. The van der Waals surface area contributed by atoms with E-state index in [4.69, 9.17) is 0 Å². The highest BCUT2D eigenvalue weighted by molar-refractivity contribution is 7.99. The molecule has 2 saturated heterocycles. The van der Waals surface area contributed by atoms with Crippen LogP contribution in [0.25, 0.3) is 0 Å². The molecule has 0 bridgehead atoms. The van der Waals surface area contributed by atoms with Gasteiger partial charge in [0.15, 0.2) is 5.78 Å². The first-order valence-corrected chi connectivity index (χ1v) is 8.30. The molecule has 106 valence electrons. The summed E-state index contributed by atoms with van der Waals surface area (Å²) in [7, 11) is 0. The second-order valence-corrected chi connectivity index (χ2v) is 7.43. The Hall–Kier alpha value is -1.34. The summed E-state index contributed by atoms with van der Waals surface area (Å²) in [5, 5.41) is 2.76. The fraction of sp³-hybridized carbons (Fsp3) is 0.462. The molecule has 1 N–H and O–H groups in total. The van der Waals surface area contributed by atoms with Gasteiger partial charge in [0, 0.05) is 10.6 Å². The van der Waals surface area contributed by atoms with Gasteiger partial charge >= 0.3 is 6.03 Å². The molecule has 3 amide bonds. The molecule has 1 aromatic rings. The van der Waals surface area contributed by atoms with Gasteiger partial charge in [0.2, 0.25) is 0 Å². The first-order valence-electron chi connectivity index (χ1n) is 6.33. The first-order chi connectivity index (χ1) is 9.52. The van der Waals surface area contributed by atoms with E-state index >= 15 is 0 Å². The van der Waals surface area contributed by atoms with Crippen LogP contribution in [0.5, 0.6) is 0 Å². The fourth-order valence-electron chi connectivity index (χ4n) is 2.46. The van der Waals surface area contributed by atoms with Gasteiger partial charge in [0.1, 0.15) is 5.54 Å². The number of thioether (sulfide) groups is 1. The molecule has 0 saturated carbocycles. The van der Waals surface area contributed by atoms with Gasteiger partial charge in [-0.3, -0.25) is 14.5 Å². The molecule has 1 unspecified atom stereocenters. The summed E-state index contributed by atoms with van der Waals surface area (Å²) >= 11 is 3.03. The number of rotatable bonds is 3. The van der Waals surface area contributed by atoms with Gasteiger partial charge < -0.3 is 5.32 Å². The summed E-state index contributed by atoms with van der Waals surface area (Å²) in [5.41, 5.74) is -0.770. The molecule has 5 nitrogen and oxygen atoms in total. The van der Waals surface area contributed by atoms with Crippen LogP contribution in [-0.2, 0) is 4.79 Å². The summed E-state index contributed by atoms with van der Waals surface area (Å²) < 4.78 is 0. The predicted molar refractivity (Wildman–Crippen MR) is 78.3 cm³/mol. The van der Waals surface area contributed by atoms with Gasteiger partial charge in [-0.05, 0) is 31.2 Å². The monoisotopic (exact) mass is 310 g/mol. The Kier molecular flexibility index (Phi) is 3.33. The molecule has 3 rings (SSSR count). The number of hydrogen-bond acceptors (Lipinski definition) is 5. The fourth-order valence-corrected chi connectivity index (χ4v) is 4.58. The maximum Gasteiger partial charge on any atom is 0.325 e. The van der Waals surface area contributed by atoms with Crippen LogP contribution in [0.1, 0.15) is 21.0 Å². The van der Waals surface area contributed by atoms with Gasteiger partial charge in [-0.1, -0.05) is 0 Å². The Bertz CT molecular complexity index is 590. The van der Waals surface area contributed by atoms with E-state index in [1.807, 2.05) is 13.0 Å². The summed E-state index contributed by atoms with van der Waals surface area (Å²) in [6.07, 6.45) is 0.644. The average Bonchev–Trinajstić information content (AvgIpc) is 3.08. The maximum atomic E-state index is 12.4. The number of carbonyl (C=O) groups excluding carboxylic acids is 3. The molecule has 1 atom stereocenters. The van der Waals surface area contributed by atoms with Crippen molar-refractivity contribution in [2.24, 2.45) is 0 Å². The number of urea groups is 1. The molecule has 1 aromatic heterocycles. The van der Waals surface area contributed by atoms with Crippen molar-refractivity contribution in [2.75, 3.05) is 18.1 Å². The van der Waals surface area contributed by atoms with Crippen LogP contribution in [0.4, 0.5) is 4.79 Å². The lowest BCUT2D eigenvalue weighted by molar-refractivity contribution is -0.130. The van der Waals surface area contributed by atoms with Crippen molar-refractivity contribution in [3.8, 4) is 0 Å². The second kappa shape index (κ2) is 4.89. The van der Waals surface area contributed by atoms with Crippen molar-refractivity contribution in [1.82, 2.24) is 10.2 Å². The van der Waals surface area contributed by atoms with E-state index in [1.165, 1.54) is 11.3 Å². The number of nitrogens with one attached hydrogen (secondary N) is 1. The van der Waals surface area contributed by atoms with Crippen LogP contribution < -0.4 is 5.32 Å². The van der Waals surface area contributed by atoms with Crippen molar-refractivity contribution < 1.29 is 14.4 Å². The van der Waals surface area contributed by atoms with E-state index in [1.54, 1.807) is 17.8 Å². The van der Waals surface area contributed by atoms with Gasteiger partial charge in [0.05, 0.1) is 11.4 Å². The molecule has 20 heavy (non-hydrogen) atoms. The van der Waals surface area contributed by atoms with E-state index in [0.29, 0.717) is 17.1 Å². The van der Waals surface area contributed by atoms with Gasteiger partial charge in [-0.15, -0.1) is 11.3 Å². The number of ketones is 1.